The number of anilines is 1. The Morgan fingerprint density at radius 3 is 2.67 bits per heavy atom. The molecule has 27 heavy (non-hydrogen) atoms. The van der Waals surface area contributed by atoms with Crippen LogP contribution in [0, 0.1) is 11.6 Å². The fourth-order valence-corrected chi connectivity index (χ4v) is 3.46. The molecular weight excluding hydrogens is 382 g/mol. The van der Waals surface area contributed by atoms with Crippen molar-refractivity contribution in [1.82, 2.24) is 4.72 Å². The highest BCUT2D eigenvalue weighted by Gasteiger charge is 2.28. The molecule has 0 fully saturated rings. The minimum absolute atomic E-state index is 0.122. The fraction of sp³-hybridized carbons (Fsp3) is 0.176. The summed E-state index contributed by atoms with van der Waals surface area (Å²) < 4.78 is 58.8. The van der Waals surface area contributed by atoms with E-state index < -0.39 is 45.1 Å². The van der Waals surface area contributed by atoms with Crippen molar-refractivity contribution in [2.45, 2.75) is 24.3 Å². The Morgan fingerprint density at radius 2 is 1.96 bits per heavy atom. The van der Waals surface area contributed by atoms with Crippen LogP contribution in [0.3, 0.4) is 0 Å². The summed E-state index contributed by atoms with van der Waals surface area (Å²) in [6, 6.07) is 5.71. The van der Waals surface area contributed by atoms with Crippen molar-refractivity contribution < 1.29 is 31.5 Å². The average molecular weight is 396 g/mol. The predicted octanol–water partition coefficient (Wildman–Crippen LogP) is 2.19. The second-order valence-corrected chi connectivity index (χ2v) is 7.40. The van der Waals surface area contributed by atoms with E-state index in [0.717, 1.165) is 12.1 Å². The van der Waals surface area contributed by atoms with E-state index in [1.54, 1.807) is 11.6 Å². The Kier molecular flexibility index (Phi) is 4.83. The number of carbonyl (C=O) groups excluding carboxylic acids is 2. The van der Waals surface area contributed by atoms with Gasteiger partial charge in [0.05, 0.1) is 16.1 Å². The van der Waals surface area contributed by atoms with Gasteiger partial charge in [-0.25, -0.2) is 21.9 Å². The lowest BCUT2D eigenvalue weighted by Crippen LogP contribution is -2.36. The maximum atomic E-state index is 13.6. The molecule has 0 unspecified atom stereocenters. The first kappa shape index (κ1) is 18.8. The Morgan fingerprint density at radius 1 is 1.22 bits per heavy atom. The maximum absolute atomic E-state index is 13.6. The lowest BCUT2D eigenvalue weighted by Gasteiger charge is -2.25. The van der Waals surface area contributed by atoms with Crippen molar-refractivity contribution in [2.24, 2.45) is 0 Å². The van der Waals surface area contributed by atoms with Gasteiger partial charge >= 0.3 is 0 Å². The van der Waals surface area contributed by atoms with Crippen molar-refractivity contribution in [3.63, 3.8) is 0 Å². The third-order valence-corrected chi connectivity index (χ3v) is 5.18. The van der Waals surface area contributed by atoms with Gasteiger partial charge in [0.15, 0.2) is 6.10 Å². The molecule has 0 spiro atoms. The van der Waals surface area contributed by atoms with Gasteiger partial charge in [0, 0.05) is 0 Å². The van der Waals surface area contributed by atoms with E-state index in [1.807, 2.05) is 0 Å². The monoisotopic (exact) mass is 396 g/mol. The highest BCUT2D eigenvalue weighted by molar-refractivity contribution is 7.90. The number of amides is 2. The molecule has 1 atom stereocenters. The zero-order chi connectivity index (χ0) is 19.8. The fourth-order valence-electron chi connectivity index (χ4n) is 2.47. The summed E-state index contributed by atoms with van der Waals surface area (Å²) in [7, 11) is -4.40. The van der Waals surface area contributed by atoms with Crippen LogP contribution in [0.2, 0.25) is 0 Å². The van der Waals surface area contributed by atoms with Gasteiger partial charge in [-0.15, -0.1) is 0 Å². The van der Waals surface area contributed by atoms with Crippen LogP contribution < -0.4 is 14.8 Å². The van der Waals surface area contributed by atoms with Gasteiger partial charge in [0.25, 0.3) is 21.8 Å². The highest BCUT2D eigenvalue weighted by atomic mass is 32.2. The van der Waals surface area contributed by atoms with Gasteiger partial charge in [-0.2, -0.15) is 0 Å². The normalized spacial score (nSPS) is 16.1. The van der Waals surface area contributed by atoms with Gasteiger partial charge in [0.1, 0.15) is 17.4 Å². The number of rotatable bonds is 4. The summed E-state index contributed by atoms with van der Waals surface area (Å²) >= 11 is 0. The summed E-state index contributed by atoms with van der Waals surface area (Å²) in [5, 5.41) is 2.52. The van der Waals surface area contributed by atoms with Crippen molar-refractivity contribution >= 4 is 27.5 Å². The van der Waals surface area contributed by atoms with Crippen molar-refractivity contribution in [2.75, 3.05) is 5.32 Å². The Labute approximate surface area is 153 Å². The number of carbonyl (C=O) groups is 2. The highest BCUT2D eigenvalue weighted by Crippen LogP contribution is 2.32. The quantitative estimate of drug-likeness (QED) is 0.825. The largest absolute Gasteiger partial charge is 0.478 e. The van der Waals surface area contributed by atoms with E-state index in [9.17, 15) is 26.8 Å². The lowest BCUT2D eigenvalue weighted by molar-refractivity contribution is -0.123. The van der Waals surface area contributed by atoms with Crippen LogP contribution in [0.25, 0.3) is 0 Å². The van der Waals surface area contributed by atoms with E-state index in [2.05, 4.69) is 5.32 Å². The molecule has 2 aromatic rings. The van der Waals surface area contributed by atoms with Crippen LogP contribution in [0.1, 0.15) is 23.7 Å². The van der Waals surface area contributed by atoms with E-state index in [1.165, 1.54) is 12.1 Å². The molecule has 2 N–H and O–H groups in total. The molecule has 142 valence electrons. The zero-order valence-electron chi connectivity index (χ0n) is 14.0. The minimum atomic E-state index is -4.40. The number of ether oxygens (including phenoxy) is 1. The number of benzene rings is 2. The Hall–Kier alpha value is -3.01. The molecule has 1 heterocycles. The summed E-state index contributed by atoms with van der Waals surface area (Å²) in [4.78, 5) is 23.5. The van der Waals surface area contributed by atoms with Crippen LogP contribution in [-0.2, 0) is 14.8 Å². The standard InChI is InChI=1S/C17H14F2N2O5S/c1-2-14-17(23)20-13-8-10(4-6-15(13)26-14)27(24,25)21-16(22)11-7-9(18)3-5-12(11)19/h3-8,14H,2H2,1H3,(H,20,23)(H,21,22)/t14-/m0/s1. The average Bonchev–Trinajstić information content (AvgIpc) is 2.62. The first-order valence-electron chi connectivity index (χ1n) is 7.85. The second-order valence-electron chi connectivity index (χ2n) is 5.72. The van der Waals surface area contributed by atoms with Crippen LogP contribution >= 0.6 is 0 Å². The number of hydrogen-bond acceptors (Lipinski definition) is 5. The second kappa shape index (κ2) is 6.95. The molecule has 2 aromatic carbocycles. The summed E-state index contributed by atoms with van der Waals surface area (Å²) in [6.07, 6.45) is -0.253. The zero-order valence-corrected chi connectivity index (χ0v) is 14.8. The molecule has 1 aliphatic rings. The molecule has 0 radical (unpaired) electrons. The number of sulfonamides is 1. The van der Waals surface area contributed by atoms with Gasteiger partial charge in [-0.3, -0.25) is 9.59 Å². The number of halogens is 2. The van der Waals surface area contributed by atoms with E-state index in [-0.39, 0.29) is 16.3 Å². The van der Waals surface area contributed by atoms with E-state index >= 15 is 0 Å². The van der Waals surface area contributed by atoms with Gasteiger partial charge < -0.3 is 10.1 Å². The van der Waals surface area contributed by atoms with Gasteiger partial charge in [0.2, 0.25) is 0 Å². The summed E-state index contributed by atoms with van der Waals surface area (Å²) in [6.45, 7) is 1.76. The predicted molar refractivity (Wildman–Crippen MR) is 90.8 cm³/mol. The van der Waals surface area contributed by atoms with Crippen molar-refractivity contribution in [3.8, 4) is 5.75 Å². The Balaban J connectivity index is 1.88. The lowest BCUT2D eigenvalue weighted by atomic mass is 10.2. The molecule has 0 saturated carbocycles. The Bertz CT molecular complexity index is 1040. The van der Waals surface area contributed by atoms with Crippen LogP contribution in [0.15, 0.2) is 41.3 Å². The smallest absolute Gasteiger partial charge is 0.268 e. The maximum Gasteiger partial charge on any atom is 0.268 e. The number of hydrogen-bond donors (Lipinski definition) is 2. The SMILES string of the molecule is CC[C@@H]1Oc2ccc(S(=O)(=O)NC(=O)c3cc(F)ccc3F)cc2NC1=O. The van der Waals surface area contributed by atoms with Crippen molar-refractivity contribution in [1.29, 1.82) is 0 Å². The van der Waals surface area contributed by atoms with Crippen LogP contribution in [-0.4, -0.2) is 26.3 Å². The van der Waals surface area contributed by atoms with Gasteiger partial charge in [-0.05, 0) is 42.8 Å². The molecule has 0 aliphatic carbocycles. The molecular formula is C17H14F2N2O5S. The third kappa shape index (κ3) is 3.75. The molecule has 0 aromatic heterocycles. The van der Waals surface area contributed by atoms with E-state index in [4.69, 9.17) is 4.74 Å². The summed E-state index contributed by atoms with van der Waals surface area (Å²) in [5.41, 5.74) is -0.629. The van der Waals surface area contributed by atoms with Crippen LogP contribution in [0.5, 0.6) is 5.75 Å². The third-order valence-electron chi connectivity index (χ3n) is 3.85. The molecule has 0 bridgehead atoms. The number of nitrogens with one attached hydrogen (secondary N) is 2. The molecule has 0 saturated heterocycles. The first-order valence-corrected chi connectivity index (χ1v) is 9.33. The van der Waals surface area contributed by atoms with Crippen LogP contribution in [0.4, 0.5) is 14.5 Å². The van der Waals surface area contributed by atoms with E-state index in [0.29, 0.717) is 18.6 Å². The molecule has 2 amide bonds. The topological polar surface area (TPSA) is 102 Å². The van der Waals surface area contributed by atoms with Gasteiger partial charge in [-0.1, -0.05) is 6.92 Å². The summed E-state index contributed by atoms with van der Waals surface area (Å²) in [5.74, 6) is -3.43. The molecule has 7 nitrogen and oxygen atoms in total. The first-order chi connectivity index (χ1) is 12.7. The number of fused-ring (bicyclic) bond motifs is 1. The molecule has 1 aliphatic heterocycles. The molecule has 10 heteroatoms. The van der Waals surface area contributed by atoms with Crippen molar-refractivity contribution in [3.05, 3.63) is 53.6 Å². The molecule has 3 rings (SSSR count). The minimum Gasteiger partial charge on any atom is -0.478 e.